The predicted octanol–water partition coefficient (Wildman–Crippen LogP) is 3.95. The van der Waals surface area contributed by atoms with Gasteiger partial charge < -0.3 is 15.4 Å². The molecule has 0 aromatic heterocycles. The van der Waals surface area contributed by atoms with Crippen LogP contribution < -0.4 is 15.4 Å². The maximum Gasteiger partial charge on any atom is 0.248 e. The van der Waals surface area contributed by atoms with Crippen molar-refractivity contribution < 1.29 is 9.53 Å². The Morgan fingerprint density at radius 1 is 1.05 bits per heavy atom. The molecule has 4 nitrogen and oxygen atoms in total. The number of ether oxygens (including phenoxy) is 1. The first kappa shape index (κ1) is 14.7. The Balaban J connectivity index is 2.17. The third-order valence-electron chi connectivity index (χ3n) is 2.87. The maximum atomic E-state index is 11.7. The Kier molecular flexibility index (Phi) is 4.99. The van der Waals surface area contributed by atoms with Crippen LogP contribution in [0.25, 0.3) is 0 Å². The van der Waals surface area contributed by atoms with Crippen LogP contribution in [0.15, 0.2) is 60.7 Å². The number of methoxy groups -OCH3 is 1. The van der Waals surface area contributed by atoms with E-state index in [4.69, 9.17) is 4.74 Å². The van der Waals surface area contributed by atoms with E-state index in [1.165, 1.54) is 6.08 Å². The van der Waals surface area contributed by atoms with E-state index < -0.39 is 0 Å². The first-order valence-corrected chi connectivity index (χ1v) is 6.66. The Bertz CT molecular complexity index is 633. The molecule has 0 heterocycles. The van der Waals surface area contributed by atoms with Crippen molar-refractivity contribution in [3.63, 3.8) is 0 Å². The monoisotopic (exact) mass is 282 g/mol. The number of carbonyl (C=O) groups is 1. The molecule has 0 aliphatic heterocycles. The Morgan fingerprint density at radius 2 is 1.71 bits per heavy atom. The zero-order valence-electron chi connectivity index (χ0n) is 12.1. The van der Waals surface area contributed by atoms with Crippen LogP contribution in [-0.4, -0.2) is 13.0 Å². The van der Waals surface area contributed by atoms with Crippen LogP contribution in [0.5, 0.6) is 5.75 Å². The summed E-state index contributed by atoms with van der Waals surface area (Å²) in [5, 5.41) is 6.12. The van der Waals surface area contributed by atoms with Crippen molar-refractivity contribution >= 4 is 23.0 Å². The molecule has 0 unspecified atom stereocenters. The molecule has 2 aromatic rings. The SMILES string of the molecule is C/C=C/C(=O)Nc1ccccc1Nc1ccc(OC)cc1. The second kappa shape index (κ2) is 7.14. The third kappa shape index (κ3) is 4.11. The lowest BCUT2D eigenvalue weighted by Gasteiger charge is -2.12. The summed E-state index contributed by atoms with van der Waals surface area (Å²) in [5.74, 6) is 0.650. The van der Waals surface area contributed by atoms with Gasteiger partial charge in [0.05, 0.1) is 18.5 Å². The van der Waals surface area contributed by atoms with E-state index in [-0.39, 0.29) is 5.91 Å². The van der Waals surface area contributed by atoms with E-state index in [0.717, 1.165) is 22.8 Å². The molecule has 0 bridgehead atoms. The first-order chi connectivity index (χ1) is 10.2. The van der Waals surface area contributed by atoms with Crippen molar-refractivity contribution in [2.45, 2.75) is 6.92 Å². The van der Waals surface area contributed by atoms with Crippen LogP contribution in [0.1, 0.15) is 6.92 Å². The van der Waals surface area contributed by atoms with Gasteiger partial charge in [-0.1, -0.05) is 18.2 Å². The van der Waals surface area contributed by atoms with Crippen molar-refractivity contribution in [1.29, 1.82) is 0 Å². The summed E-state index contributed by atoms with van der Waals surface area (Å²) in [5.41, 5.74) is 2.49. The lowest BCUT2D eigenvalue weighted by Crippen LogP contribution is -2.09. The van der Waals surface area contributed by atoms with E-state index >= 15 is 0 Å². The van der Waals surface area contributed by atoms with Gasteiger partial charge in [-0.2, -0.15) is 0 Å². The Hall–Kier alpha value is -2.75. The van der Waals surface area contributed by atoms with Gasteiger partial charge in [0.15, 0.2) is 0 Å². The van der Waals surface area contributed by atoms with Crippen LogP contribution in [0.2, 0.25) is 0 Å². The molecule has 1 amide bonds. The largest absolute Gasteiger partial charge is 0.497 e. The summed E-state index contributed by atoms with van der Waals surface area (Å²) in [6.45, 7) is 1.81. The van der Waals surface area contributed by atoms with E-state index in [2.05, 4.69) is 10.6 Å². The summed E-state index contributed by atoms with van der Waals surface area (Å²) in [6, 6.07) is 15.2. The van der Waals surface area contributed by atoms with Gasteiger partial charge in [0.2, 0.25) is 5.91 Å². The molecule has 0 saturated carbocycles. The quantitative estimate of drug-likeness (QED) is 0.816. The molecule has 108 valence electrons. The van der Waals surface area contributed by atoms with Gasteiger partial charge in [0.25, 0.3) is 0 Å². The summed E-state index contributed by atoms with van der Waals surface area (Å²) in [4.78, 5) is 11.7. The molecule has 0 radical (unpaired) electrons. The highest BCUT2D eigenvalue weighted by Crippen LogP contribution is 2.26. The van der Waals surface area contributed by atoms with Gasteiger partial charge in [-0.05, 0) is 49.4 Å². The zero-order chi connectivity index (χ0) is 15.1. The van der Waals surface area contributed by atoms with Crippen LogP contribution in [0, 0.1) is 0 Å². The smallest absolute Gasteiger partial charge is 0.248 e. The lowest BCUT2D eigenvalue weighted by molar-refractivity contribution is -0.111. The number of para-hydroxylation sites is 2. The molecule has 0 aliphatic carbocycles. The predicted molar refractivity (Wildman–Crippen MR) is 86.2 cm³/mol. The summed E-state index contributed by atoms with van der Waals surface area (Å²) >= 11 is 0. The van der Waals surface area contributed by atoms with Crippen LogP contribution >= 0.6 is 0 Å². The van der Waals surface area contributed by atoms with E-state index in [1.807, 2.05) is 48.5 Å². The van der Waals surface area contributed by atoms with Crippen LogP contribution in [0.4, 0.5) is 17.1 Å². The molecule has 0 atom stereocenters. The van der Waals surface area contributed by atoms with E-state index in [1.54, 1.807) is 20.1 Å². The van der Waals surface area contributed by atoms with Gasteiger partial charge in [-0.15, -0.1) is 0 Å². The second-order valence-corrected chi connectivity index (χ2v) is 4.39. The summed E-state index contributed by atoms with van der Waals surface area (Å²) in [7, 11) is 1.63. The van der Waals surface area contributed by atoms with Gasteiger partial charge in [-0.25, -0.2) is 0 Å². The van der Waals surface area contributed by atoms with Crippen molar-refractivity contribution in [3.8, 4) is 5.75 Å². The normalized spacial score (nSPS) is 10.4. The molecule has 0 spiro atoms. The van der Waals surface area contributed by atoms with Gasteiger partial charge in [0.1, 0.15) is 5.75 Å². The number of allylic oxidation sites excluding steroid dienone is 1. The summed E-state index contributed by atoms with van der Waals surface area (Å²) < 4.78 is 5.13. The highest BCUT2D eigenvalue weighted by molar-refractivity contribution is 6.01. The number of amides is 1. The lowest BCUT2D eigenvalue weighted by atomic mass is 10.2. The molecule has 21 heavy (non-hydrogen) atoms. The number of carbonyl (C=O) groups excluding carboxylic acids is 1. The summed E-state index contributed by atoms with van der Waals surface area (Å²) in [6.07, 6.45) is 3.19. The average Bonchev–Trinajstić information content (AvgIpc) is 2.50. The topological polar surface area (TPSA) is 50.4 Å². The van der Waals surface area contributed by atoms with Gasteiger partial charge in [0, 0.05) is 5.69 Å². The third-order valence-corrected chi connectivity index (χ3v) is 2.87. The number of hydrogen-bond acceptors (Lipinski definition) is 3. The average molecular weight is 282 g/mol. The fourth-order valence-electron chi connectivity index (χ4n) is 1.86. The minimum atomic E-state index is -0.151. The Labute approximate surface area is 124 Å². The van der Waals surface area contributed by atoms with Gasteiger partial charge in [-0.3, -0.25) is 4.79 Å². The standard InChI is InChI=1S/C17H18N2O2/c1-3-6-17(20)19-16-8-5-4-7-15(16)18-13-9-11-14(21-2)12-10-13/h3-12,18H,1-2H3,(H,19,20)/b6-3+. The number of nitrogens with one attached hydrogen (secondary N) is 2. The van der Waals surface area contributed by atoms with E-state index in [0.29, 0.717) is 0 Å². The number of anilines is 3. The minimum absolute atomic E-state index is 0.151. The number of hydrogen-bond donors (Lipinski definition) is 2. The fraction of sp³-hybridized carbons (Fsp3) is 0.118. The highest BCUT2D eigenvalue weighted by Gasteiger charge is 2.04. The van der Waals surface area contributed by atoms with Crippen molar-refractivity contribution in [2.24, 2.45) is 0 Å². The van der Waals surface area contributed by atoms with Crippen LogP contribution in [0.3, 0.4) is 0 Å². The molecular weight excluding hydrogens is 264 g/mol. The first-order valence-electron chi connectivity index (χ1n) is 6.66. The number of rotatable bonds is 5. The Morgan fingerprint density at radius 3 is 2.33 bits per heavy atom. The number of benzene rings is 2. The van der Waals surface area contributed by atoms with Crippen molar-refractivity contribution in [1.82, 2.24) is 0 Å². The molecule has 0 saturated heterocycles. The highest BCUT2D eigenvalue weighted by atomic mass is 16.5. The fourth-order valence-corrected chi connectivity index (χ4v) is 1.86. The zero-order valence-corrected chi connectivity index (χ0v) is 12.1. The molecule has 0 aliphatic rings. The van der Waals surface area contributed by atoms with Crippen LogP contribution in [-0.2, 0) is 4.79 Å². The molecule has 4 heteroatoms. The van der Waals surface area contributed by atoms with Gasteiger partial charge >= 0.3 is 0 Å². The molecule has 2 aromatic carbocycles. The maximum absolute atomic E-state index is 11.7. The van der Waals surface area contributed by atoms with E-state index in [9.17, 15) is 4.79 Å². The molecule has 2 N–H and O–H groups in total. The second-order valence-electron chi connectivity index (χ2n) is 4.39. The molecule has 0 fully saturated rings. The van der Waals surface area contributed by atoms with Crippen molar-refractivity contribution in [2.75, 3.05) is 17.7 Å². The van der Waals surface area contributed by atoms with Crippen molar-refractivity contribution in [3.05, 3.63) is 60.7 Å². The minimum Gasteiger partial charge on any atom is -0.497 e. The molecule has 2 rings (SSSR count). The molecular formula is C17H18N2O2.